The molecule has 0 radical (unpaired) electrons. The molecule has 1 N–H and O–H groups in total. The van der Waals surface area contributed by atoms with Crippen molar-refractivity contribution in [3.63, 3.8) is 0 Å². The molecule has 3 heteroatoms. The first-order valence-corrected chi connectivity index (χ1v) is 5.30. The fourth-order valence-electron chi connectivity index (χ4n) is 1.34. The van der Waals surface area contributed by atoms with Crippen LogP contribution in [0.5, 0.6) is 0 Å². The fourth-order valence-corrected chi connectivity index (χ4v) is 1.34. The Bertz CT molecular complexity index is 413. The summed E-state index contributed by atoms with van der Waals surface area (Å²) in [7, 11) is 0. The Labute approximate surface area is 96.0 Å². The first-order chi connectivity index (χ1) is 7.77. The quantitative estimate of drug-likeness (QED) is 0.593. The summed E-state index contributed by atoms with van der Waals surface area (Å²) >= 11 is 0. The zero-order chi connectivity index (χ0) is 11.8. The first-order valence-electron chi connectivity index (χ1n) is 5.30. The third kappa shape index (κ3) is 3.66. The number of nitrogens with zero attached hydrogens (tertiary/aromatic N) is 2. The van der Waals surface area contributed by atoms with E-state index in [1.807, 2.05) is 43.3 Å². The largest absolute Gasteiger partial charge is 0.309 e. The zero-order valence-corrected chi connectivity index (χ0v) is 9.40. The number of nitrogens with one attached hydrogen (secondary N) is 1. The monoisotopic (exact) mass is 213 g/mol. The van der Waals surface area contributed by atoms with Gasteiger partial charge in [0.05, 0.1) is 6.07 Å². The molecule has 0 spiro atoms. The summed E-state index contributed by atoms with van der Waals surface area (Å²) in [5, 5.41) is 16.2. The molecular formula is C13H15N3. The van der Waals surface area contributed by atoms with Gasteiger partial charge in [0.1, 0.15) is 6.54 Å². The standard InChI is InChI=1S/C13H15N3/c1-2-12(15)10-13(16-9-8-14)11-6-4-3-5-7-11/h3-7,15H,2,9-10H2,1H3. The van der Waals surface area contributed by atoms with E-state index in [0.717, 1.165) is 17.7 Å². The van der Waals surface area contributed by atoms with Crippen molar-refractivity contribution >= 4 is 11.4 Å². The highest BCUT2D eigenvalue weighted by atomic mass is 14.7. The maximum Gasteiger partial charge on any atom is 0.126 e. The molecule has 0 amide bonds. The van der Waals surface area contributed by atoms with E-state index in [9.17, 15) is 0 Å². The van der Waals surface area contributed by atoms with Crippen LogP contribution in [0.1, 0.15) is 25.3 Å². The van der Waals surface area contributed by atoms with Crippen molar-refractivity contribution in [3.8, 4) is 6.07 Å². The van der Waals surface area contributed by atoms with Gasteiger partial charge in [-0.25, -0.2) is 0 Å². The maximum absolute atomic E-state index is 8.54. The summed E-state index contributed by atoms with van der Waals surface area (Å²) in [6, 6.07) is 11.7. The molecule has 0 bridgehead atoms. The van der Waals surface area contributed by atoms with Crippen LogP contribution < -0.4 is 0 Å². The number of rotatable bonds is 5. The minimum atomic E-state index is 0.154. The van der Waals surface area contributed by atoms with Crippen LogP contribution in [0.15, 0.2) is 35.3 Å². The Hall–Kier alpha value is -1.95. The smallest absolute Gasteiger partial charge is 0.126 e. The predicted octanol–water partition coefficient (Wildman–Crippen LogP) is 2.82. The van der Waals surface area contributed by atoms with Gasteiger partial charge < -0.3 is 5.41 Å². The number of aliphatic imine (C=N–C) groups is 1. The van der Waals surface area contributed by atoms with Crippen LogP contribution in [0.25, 0.3) is 0 Å². The molecule has 0 atom stereocenters. The SMILES string of the molecule is CCC(=N)CC(=NCC#N)c1ccccc1. The molecule has 3 nitrogen and oxygen atoms in total. The van der Waals surface area contributed by atoms with Crippen LogP contribution in [-0.2, 0) is 0 Å². The summed E-state index contributed by atoms with van der Waals surface area (Å²) in [5.41, 5.74) is 2.46. The summed E-state index contributed by atoms with van der Waals surface area (Å²) in [5.74, 6) is 0. The molecule has 1 aromatic carbocycles. The molecule has 1 rings (SSSR count). The van der Waals surface area contributed by atoms with Crippen molar-refractivity contribution < 1.29 is 0 Å². The maximum atomic E-state index is 8.54. The number of benzene rings is 1. The highest BCUT2D eigenvalue weighted by Gasteiger charge is 2.05. The van der Waals surface area contributed by atoms with Crippen molar-refractivity contribution in [2.45, 2.75) is 19.8 Å². The van der Waals surface area contributed by atoms with Crippen LogP contribution in [0.4, 0.5) is 0 Å². The molecule has 0 saturated carbocycles. The van der Waals surface area contributed by atoms with Gasteiger partial charge in [-0.1, -0.05) is 37.3 Å². The highest BCUT2D eigenvalue weighted by molar-refractivity contribution is 6.11. The topological polar surface area (TPSA) is 60.0 Å². The molecule has 0 aliphatic carbocycles. The Morgan fingerprint density at radius 1 is 1.38 bits per heavy atom. The van der Waals surface area contributed by atoms with Crippen LogP contribution >= 0.6 is 0 Å². The molecule has 0 unspecified atom stereocenters. The second-order valence-corrected chi connectivity index (χ2v) is 3.42. The molecule has 0 aliphatic heterocycles. The molecule has 0 fully saturated rings. The van der Waals surface area contributed by atoms with E-state index in [2.05, 4.69) is 4.99 Å². The Balaban J connectivity index is 2.89. The van der Waals surface area contributed by atoms with Crippen LogP contribution in [0.3, 0.4) is 0 Å². The number of hydrogen-bond donors (Lipinski definition) is 1. The summed E-state index contributed by atoms with van der Waals surface area (Å²) in [4.78, 5) is 4.22. The number of nitriles is 1. The van der Waals surface area contributed by atoms with Gasteiger partial charge >= 0.3 is 0 Å². The summed E-state index contributed by atoms with van der Waals surface area (Å²) in [6.07, 6.45) is 1.25. The van der Waals surface area contributed by atoms with Crippen molar-refractivity contribution in [2.24, 2.45) is 4.99 Å². The van der Waals surface area contributed by atoms with Gasteiger partial charge in [-0.05, 0) is 12.0 Å². The first kappa shape index (κ1) is 12.1. The normalized spacial score (nSPS) is 10.9. The van der Waals surface area contributed by atoms with Gasteiger partial charge in [0, 0.05) is 17.8 Å². The molecule has 1 aromatic rings. The van der Waals surface area contributed by atoms with E-state index >= 15 is 0 Å². The van der Waals surface area contributed by atoms with Gasteiger partial charge in [0.15, 0.2) is 0 Å². The Morgan fingerprint density at radius 3 is 2.62 bits per heavy atom. The van der Waals surface area contributed by atoms with Gasteiger partial charge in [0.25, 0.3) is 0 Å². The minimum absolute atomic E-state index is 0.154. The van der Waals surface area contributed by atoms with Gasteiger partial charge in [0.2, 0.25) is 0 Å². The molecule has 0 heterocycles. The summed E-state index contributed by atoms with van der Waals surface area (Å²) < 4.78 is 0. The van der Waals surface area contributed by atoms with Crippen LogP contribution in [0.2, 0.25) is 0 Å². The molecule has 0 aromatic heterocycles. The average molecular weight is 213 g/mol. The van der Waals surface area contributed by atoms with Gasteiger partial charge in [-0.15, -0.1) is 0 Å². The van der Waals surface area contributed by atoms with Gasteiger partial charge in [-0.2, -0.15) is 5.26 Å². The lowest BCUT2D eigenvalue weighted by atomic mass is 10.0. The number of hydrogen-bond acceptors (Lipinski definition) is 3. The van der Waals surface area contributed by atoms with Crippen molar-refractivity contribution in [2.75, 3.05) is 6.54 Å². The van der Waals surface area contributed by atoms with Gasteiger partial charge in [-0.3, -0.25) is 4.99 Å². The zero-order valence-electron chi connectivity index (χ0n) is 9.40. The second kappa shape index (κ2) is 6.52. The third-order valence-electron chi connectivity index (χ3n) is 2.26. The lowest BCUT2D eigenvalue weighted by molar-refractivity contribution is 1.17. The third-order valence-corrected chi connectivity index (χ3v) is 2.26. The summed E-state index contributed by atoms with van der Waals surface area (Å²) in [6.45, 7) is 2.11. The van der Waals surface area contributed by atoms with Crippen molar-refractivity contribution in [1.82, 2.24) is 0 Å². The minimum Gasteiger partial charge on any atom is -0.309 e. The predicted molar refractivity (Wildman–Crippen MR) is 66.1 cm³/mol. The van der Waals surface area contributed by atoms with E-state index in [0.29, 0.717) is 12.1 Å². The molecule has 0 aliphatic rings. The van der Waals surface area contributed by atoms with Crippen molar-refractivity contribution in [3.05, 3.63) is 35.9 Å². The second-order valence-electron chi connectivity index (χ2n) is 3.42. The fraction of sp³-hybridized carbons (Fsp3) is 0.308. The van der Waals surface area contributed by atoms with Crippen molar-refractivity contribution in [1.29, 1.82) is 10.7 Å². The van der Waals surface area contributed by atoms with E-state index in [1.165, 1.54) is 0 Å². The highest BCUT2D eigenvalue weighted by Crippen LogP contribution is 2.06. The Kier molecular flexibility index (Phi) is 4.94. The Morgan fingerprint density at radius 2 is 2.06 bits per heavy atom. The van der Waals surface area contributed by atoms with E-state index in [1.54, 1.807) is 0 Å². The lowest BCUT2D eigenvalue weighted by Gasteiger charge is -2.06. The van der Waals surface area contributed by atoms with E-state index in [4.69, 9.17) is 10.7 Å². The molecule has 16 heavy (non-hydrogen) atoms. The van der Waals surface area contributed by atoms with E-state index in [-0.39, 0.29) is 6.54 Å². The lowest BCUT2D eigenvalue weighted by Crippen LogP contribution is -2.08. The average Bonchev–Trinajstić information content (AvgIpc) is 2.35. The molecule has 0 saturated heterocycles. The molecular weight excluding hydrogens is 198 g/mol. The molecule has 82 valence electrons. The van der Waals surface area contributed by atoms with Crippen LogP contribution in [-0.4, -0.2) is 18.0 Å². The van der Waals surface area contributed by atoms with E-state index < -0.39 is 0 Å². The van der Waals surface area contributed by atoms with Crippen LogP contribution in [0, 0.1) is 16.7 Å².